The van der Waals surface area contributed by atoms with Crippen molar-refractivity contribution in [2.45, 2.75) is 78.6 Å². The average Bonchev–Trinajstić information content (AvgIpc) is 3.30. The molecule has 0 saturated heterocycles. The van der Waals surface area contributed by atoms with E-state index in [4.69, 9.17) is 0 Å². The Hall–Kier alpha value is -4.10. The third-order valence-electron chi connectivity index (χ3n) is 8.78. The number of aromatic nitrogens is 1. The summed E-state index contributed by atoms with van der Waals surface area (Å²) in [7, 11) is 0. The molecule has 5 aromatic carbocycles. The highest BCUT2D eigenvalue weighted by molar-refractivity contribution is 6.18. The Kier molecular flexibility index (Phi) is 6.92. The number of fused-ring (bicyclic) bond motifs is 3. The van der Waals surface area contributed by atoms with Crippen LogP contribution in [0.1, 0.15) is 79.0 Å². The Balaban J connectivity index is 1.83. The van der Waals surface area contributed by atoms with Crippen molar-refractivity contribution in [3.63, 3.8) is 0 Å². The fraction of sp³-hybridized carbons (Fsp3) is 0.286. The van der Waals surface area contributed by atoms with E-state index in [0.717, 1.165) is 0 Å². The molecule has 0 atom stereocenters. The number of hydrogen-bond donors (Lipinski definition) is 0. The first-order valence-corrected chi connectivity index (χ1v) is 15.6. The second-order valence-electron chi connectivity index (χ2n) is 15.2. The Morgan fingerprint density at radius 3 is 1.53 bits per heavy atom. The standard InChI is InChI=1S/C42H45N/c1-40(2,3)30-25-29(26-31(27-30)41(4,5)6)33-21-16-22-35-37(33)38-36(43(35)32-19-14-11-15-20-32)24-23-34(39(38)42(7,8)9)28-17-12-10-13-18-28/h10-27H,1-9H3. The summed E-state index contributed by atoms with van der Waals surface area (Å²) in [5.41, 5.74) is 13.0. The molecule has 1 heterocycles. The normalized spacial score (nSPS) is 12.8. The van der Waals surface area contributed by atoms with Crippen LogP contribution in [-0.4, -0.2) is 4.57 Å². The molecule has 0 amide bonds. The van der Waals surface area contributed by atoms with Crippen LogP contribution in [0.4, 0.5) is 0 Å². The van der Waals surface area contributed by atoms with Gasteiger partial charge in [0.15, 0.2) is 0 Å². The van der Waals surface area contributed by atoms with Crippen LogP contribution in [-0.2, 0) is 16.2 Å². The molecule has 0 spiro atoms. The molecular formula is C42H45N. The highest BCUT2D eigenvalue weighted by Crippen LogP contribution is 2.47. The van der Waals surface area contributed by atoms with Gasteiger partial charge in [0, 0.05) is 16.5 Å². The SMILES string of the molecule is CC(C)(C)c1cc(-c2cccc3c2c2c(C(C)(C)C)c(-c4ccccc4)ccc2n3-c2ccccc2)cc(C(C)(C)C)c1. The Labute approximate surface area is 258 Å². The summed E-state index contributed by atoms with van der Waals surface area (Å²) in [5, 5.41) is 2.68. The van der Waals surface area contributed by atoms with Crippen LogP contribution in [0.2, 0.25) is 0 Å². The van der Waals surface area contributed by atoms with E-state index >= 15 is 0 Å². The van der Waals surface area contributed by atoms with Crippen LogP contribution in [0.25, 0.3) is 49.7 Å². The van der Waals surface area contributed by atoms with Crippen LogP contribution in [0.5, 0.6) is 0 Å². The Morgan fingerprint density at radius 2 is 0.977 bits per heavy atom. The summed E-state index contributed by atoms with van der Waals surface area (Å²) in [6.07, 6.45) is 0. The zero-order valence-corrected chi connectivity index (χ0v) is 27.3. The van der Waals surface area contributed by atoms with Crippen molar-refractivity contribution < 1.29 is 0 Å². The van der Waals surface area contributed by atoms with Gasteiger partial charge in [-0.2, -0.15) is 0 Å². The fourth-order valence-electron chi connectivity index (χ4n) is 6.53. The zero-order valence-electron chi connectivity index (χ0n) is 27.3. The van der Waals surface area contributed by atoms with Gasteiger partial charge in [0.25, 0.3) is 0 Å². The predicted molar refractivity (Wildman–Crippen MR) is 188 cm³/mol. The lowest BCUT2D eigenvalue weighted by Gasteiger charge is -2.27. The summed E-state index contributed by atoms with van der Waals surface area (Å²) >= 11 is 0. The van der Waals surface area contributed by atoms with Crippen molar-refractivity contribution in [1.29, 1.82) is 0 Å². The van der Waals surface area contributed by atoms with Crippen molar-refractivity contribution in [1.82, 2.24) is 4.57 Å². The first kappa shape index (κ1) is 29.0. The first-order valence-electron chi connectivity index (χ1n) is 15.6. The molecule has 6 rings (SSSR count). The van der Waals surface area contributed by atoms with Crippen molar-refractivity contribution in [2.75, 3.05) is 0 Å². The molecule has 1 heteroatoms. The van der Waals surface area contributed by atoms with Gasteiger partial charge in [-0.05, 0) is 79.5 Å². The third kappa shape index (κ3) is 5.20. The quantitative estimate of drug-likeness (QED) is 0.202. The van der Waals surface area contributed by atoms with E-state index in [9.17, 15) is 0 Å². The number of hydrogen-bond acceptors (Lipinski definition) is 0. The number of para-hydroxylation sites is 1. The van der Waals surface area contributed by atoms with Crippen LogP contribution in [0, 0.1) is 0 Å². The van der Waals surface area contributed by atoms with Gasteiger partial charge in [-0.3, -0.25) is 0 Å². The predicted octanol–water partition coefficient (Wildman–Crippen LogP) is 12.0. The maximum atomic E-state index is 2.47. The molecule has 0 aliphatic carbocycles. The van der Waals surface area contributed by atoms with Crippen molar-refractivity contribution in [3.05, 3.63) is 126 Å². The van der Waals surface area contributed by atoms with E-state index in [1.54, 1.807) is 0 Å². The molecule has 0 aliphatic rings. The zero-order chi connectivity index (χ0) is 30.7. The van der Waals surface area contributed by atoms with Gasteiger partial charge in [0.05, 0.1) is 11.0 Å². The van der Waals surface area contributed by atoms with E-state index in [-0.39, 0.29) is 16.2 Å². The molecule has 0 unspecified atom stereocenters. The fourth-order valence-corrected chi connectivity index (χ4v) is 6.53. The first-order chi connectivity index (χ1) is 20.2. The van der Waals surface area contributed by atoms with Gasteiger partial charge in [0.1, 0.15) is 0 Å². The minimum Gasteiger partial charge on any atom is -0.309 e. The molecule has 43 heavy (non-hydrogen) atoms. The highest BCUT2D eigenvalue weighted by atomic mass is 15.0. The van der Waals surface area contributed by atoms with Gasteiger partial charge in [-0.1, -0.05) is 147 Å². The summed E-state index contributed by atoms with van der Waals surface area (Å²) < 4.78 is 2.47. The van der Waals surface area contributed by atoms with E-state index in [0.29, 0.717) is 0 Å². The van der Waals surface area contributed by atoms with Crippen molar-refractivity contribution in [2.24, 2.45) is 0 Å². The van der Waals surface area contributed by atoms with E-state index in [1.807, 2.05) is 0 Å². The smallest absolute Gasteiger partial charge is 0.0547 e. The lowest BCUT2D eigenvalue weighted by atomic mass is 9.77. The molecule has 0 radical (unpaired) electrons. The molecule has 0 aliphatic heterocycles. The molecular weight excluding hydrogens is 518 g/mol. The monoisotopic (exact) mass is 563 g/mol. The van der Waals surface area contributed by atoms with E-state index < -0.39 is 0 Å². The molecule has 0 saturated carbocycles. The number of rotatable bonds is 3. The van der Waals surface area contributed by atoms with Gasteiger partial charge in [0.2, 0.25) is 0 Å². The average molecular weight is 564 g/mol. The molecule has 0 bridgehead atoms. The lowest BCUT2D eigenvalue weighted by Crippen LogP contribution is -2.16. The topological polar surface area (TPSA) is 4.93 Å². The van der Waals surface area contributed by atoms with E-state index in [2.05, 4.69) is 176 Å². The van der Waals surface area contributed by atoms with Crippen molar-refractivity contribution >= 4 is 21.8 Å². The maximum absolute atomic E-state index is 2.47. The van der Waals surface area contributed by atoms with Crippen LogP contribution < -0.4 is 0 Å². The van der Waals surface area contributed by atoms with E-state index in [1.165, 1.54) is 66.4 Å². The molecule has 6 aromatic rings. The summed E-state index contributed by atoms with van der Waals surface area (Å²) in [5.74, 6) is 0. The number of benzene rings is 5. The van der Waals surface area contributed by atoms with Crippen LogP contribution >= 0.6 is 0 Å². The summed E-state index contributed by atoms with van der Waals surface area (Å²) in [4.78, 5) is 0. The molecule has 0 N–H and O–H groups in total. The minimum atomic E-state index is -0.0859. The van der Waals surface area contributed by atoms with Crippen LogP contribution in [0.3, 0.4) is 0 Å². The third-order valence-corrected chi connectivity index (χ3v) is 8.78. The van der Waals surface area contributed by atoms with Crippen LogP contribution in [0.15, 0.2) is 109 Å². The van der Waals surface area contributed by atoms with Gasteiger partial charge >= 0.3 is 0 Å². The Bertz CT molecular complexity index is 1900. The minimum absolute atomic E-state index is 0.0407. The summed E-state index contributed by atoms with van der Waals surface area (Å²) in [6.45, 7) is 21.0. The largest absolute Gasteiger partial charge is 0.309 e. The second-order valence-corrected chi connectivity index (χ2v) is 15.2. The van der Waals surface area contributed by atoms with Gasteiger partial charge in [-0.25, -0.2) is 0 Å². The Morgan fingerprint density at radius 1 is 0.419 bits per heavy atom. The number of nitrogens with zero attached hydrogens (tertiary/aromatic N) is 1. The highest BCUT2D eigenvalue weighted by Gasteiger charge is 2.28. The second kappa shape index (κ2) is 10.3. The van der Waals surface area contributed by atoms with Crippen molar-refractivity contribution in [3.8, 4) is 27.9 Å². The maximum Gasteiger partial charge on any atom is 0.0547 e. The molecule has 1 nitrogen and oxygen atoms in total. The molecule has 1 aromatic heterocycles. The van der Waals surface area contributed by atoms with Gasteiger partial charge < -0.3 is 4.57 Å². The summed E-state index contributed by atoms with van der Waals surface area (Å²) in [6, 6.07) is 40.6. The lowest BCUT2D eigenvalue weighted by molar-refractivity contribution is 0.569. The molecule has 0 fully saturated rings. The van der Waals surface area contributed by atoms with Gasteiger partial charge in [-0.15, -0.1) is 0 Å². The molecule has 218 valence electrons.